The molecule has 0 spiro atoms. The maximum atomic E-state index is 11.7. The number of benzene rings is 1. The van der Waals surface area contributed by atoms with Crippen LogP contribution in [0.3, 0.4) is 0 Å². The van der Waals surface area contributed by atoms with Crippen LogP contribution in [0.25, 0.3) is 0 Å². The van der Waals surface area contributed by atoms with Crippen LogP contribution in [0.2, 0.25) is 0 Å². The first kappa shape index (κ1) is 11.1. The SMILES string of the molecule is NNc1ccc(C(=O)NCc2ncn[nH]2)cc1. The number of anilines is 1. The van der Waals surface area contributed by atoms with E-state index in [1.165, 1.54) is 6.33 Å². The Bertz CT molecular complexity index is 478. The molecule has 5 N–H and O–H groups in total. The van der Waals surface area contributed by atoms with E-state index in [2.05, 4.69) is 25.9 Å². The third kappa shape index (κ3) is 2.79. The highest BCUT2D eigenvalue weighted by molar-refractivity contribution is 5.94. The second-order valence-corrected chi connectivity index (χ2v) is 3.34. The summed E-state index contributed by atoms with van der Waals surface area (Å²) in [7, 11) is 0. The fraction of sp³-hybridized carbons (Fsp3) is 0.100. The van der Waals surface area contributed by atoms with E-state index >= 15 is 0 Å². The van der Waals surface area contributed by atoms with Crippen LogP contribution in [0, 0.1) is 0 Å². The molecule has 0 atom stereocenters. The lowest BCUT2D eigenvalue weighted by molar-refractivity contribution is 0.0950. The van der Waals surface area contributed by atoms with Crippen molar-refractivity contribution >= 4 is 11.6 Å². The van der Waals surface area contributed by atoms with Crippen molar-refractivity contribution in [1.82, 2.24) is 20.5 Å². The van der Waals surface area contributed by atoms with Gasteiger partial charge in [-0.1, -0.05) is 0 Å². The predicted molar refractivity (Wildman–Crippen MR) is 61.8 cm³/mol. The number of nitrogens with two attached hydrogens (primary N) is 1. The van der Waals surface area contributed by atoms with Gasteiger partial charge in [0, 0.05) is 11.3 Å². The lowest BCUT2D eigenvalue weighted by Crippen LogP contribution is -2.23. The van der Waals surface area contributed by atoms with E-state index in [0.29, 0.717) is 17.9 Å². The minimum Gasteiger partial charge on any atom is -0.345 e. The van der Waals surface area contributed by atoms with Crippen LogP contribution in [0.1, 0.15) is 16.2 Å². The molecular weight excluding hydrogens is 220 g/mol. The van der Waals surface area contributed by atoms with Gasteiger partial charge in [-0.2, -0.15) is 5.10 Å². The zero-order valence-corrected chi connectivity index (χ0v) is 8.97. The van der Waals surface area contributed by atoms with Gasteiger partial charge in [0.25, 0.3) is 5.91 Å². The molecule has 2 rings (SSSR count). The number of aromatic nitrogens is 3. The molecule has 0 radical (unpaired) electrons. The zero-order chi connectivity index (χ0) is 12.1. The van der Waals surface area contributed by atoms with Crippen molar-refractivity contribution in [3.8, 4) is 0 Å². The highest BCUT2D eigenvalue weighted by atomic mass is 16.1. The summed E-state index contributed by atoms with van der Waals surface area (Å²) in [5.41, 5.74) is 3.80. The first-order valence-corrected chi connectivity index (χ1v) is 4.98. The van der Waals surface area contributed by atoms with Gasteiger partial charge in [0.05, 0.1) is 6.54 Å². The molecule has 0 aliphatic heterocycles. The topological polar surface area (TPSA) is 109 Å². The summed E-state index contributed by atoms with van der Waals surface area (Å²) < 4.78 is 0. The molecule has 0 saturated heterocycles. The normalized spacial score (nSPS) is 9.94. The first-order chi connectivity index (χ1) is 8.29. The van der Waals surface area contributed by atoms with Crippen molar-refractivity contribution in [3.63, 3.8) is 0 Å². The van der Waals surface area contributed by atoms with Crippen molar-refractivity contribution in [3.05, 3.63) is 42.0 Å². The number of nitrogens with one attached hydrogen (secondary N) is 3. The van der Waals surface area contributed by atoms with Crippen LogP contribution >= 0.6 is 0 Å². The van der Waals surface area contributed by atoms with Crippen molar-refractivity contribution in [1.29, 1.82) is 0 Å². The zero-order valence-electron chi connectivity index (χ0n) is 8.97. The van der Waals surface area contributed by atoms with Crippen LogP contribution in [0.4, 0.5) is 5.69 Å². The number of rotatable bonds is 4. The smallest absolute Gasteiger partial charge is 0.251 e. The Balaban J connectivity index is 1.95. The number of nitrogen functional groups attached to an aromatic ring is 1. The molecule has 7 nitrogen and oxygen atoms in total. The van der Waals surface area contributed by atoms with Crippen LogP contribution in [-0.2, 0) is 6.54 Å². The average Bonchev–Trinajstić information content (AvgIpc) is 2.89. The molecule has 0 unspecified atom stereocenters. The minimum atomic E-state index is -0.176. The van der Waals surface area contributed by atoms with Gasteiger partial charge in [0.2, 0.25) is 0 Å². The van der Waals surface area contributed by atoms with E-state index in [0.717, 1.165) is 5.69 Å². The lowest BCUT2D eigenvalue weighted by atomic mass is 10.2. The van der Waals surface area contributed by atoms with Gasteiger partial charge in [-0.25, -0.2) is 4.98 Å². The minimum absolute atomic E-state index is 0.176. The predicted octanol–water partition coefficient (Wildman–Crippen LogP) is 0.0203. The average molecular weight is 232 g/mol. The molecule has 1 heterocycles. The molecule has 1 aromatic heterocycles. The number of carbonyl (C=O) groups is 1. The standard InChI is InChI=1S/C10H12N6O/c11-15-8-3-1-7(2-4-8)10(17)12-5-9-13-6-14-16-9/h1-4,6,15H,5,11H2,(H,12,17)(H,13,14,16). The van der Waals surface area contributed by atoms with Crippen molar-refractivity contribution in [2.24, 2.45) is 5.84 Å². The number of amides is 1. The van der Waals surface area contributed by atoms with E-state index in [1.54, 1.807) is 24.3 Å². The van der Waals surface area contributed by atoms with Crippen LogP contribution in [0.5, 0.6) is 0 Å². The summed E-state index contributed by atoms with van der Waals surface area (Å²) in [6.07, 6.45) is 1.39. The van der Waals surface area contributed by atoms with Crippen molar-refractivity contribution in [2.45, 2.75) is 6.54 Å². The van der Waals surface area contributed by atoms with Gasteiger partial charge in [0.1, 0.15) is 12.2 Å². The molecule has 0 bridgehead atoms. The molecule has 1 aromatic carbocycles. The van der Waals surface area contributed by atoms with E-state index in [9.17, 15) is 4.79 Å². The third-order valence-corrected chi connectivity index (χ3v) is 2.20. The number of hydrogen-bond acceptors (Lipinski definition) is 5. The van der Waals surface area contributed by atoms with Gasteiger partial charge < -0.3 is 10.7 Å². The highest BCUT2D eigenvalue weighted by Gasteiger charge is 2.05. The summed E-state index contributed by atoms with van der Waals surface area (Å²) in [4.78, 5) is 15.6. The molecule has 0 aliphatic carbocycles. The van der Waals surface area contributed by atoms with Crippen LogP contribution in [0.15, 0.2) is 30.6 Å². The maximum Gasteiger partial charge on any atom is 0.251 e. The monoisotopic (exact) mass is 232 g/mol. The van der Waals surface area contributed by atoms with Crippen molar-refractivity contribution in [2.75, 3.05) is 5.43 Å². The van der Waals surface area contributed by atoms with Gasteiger partial charge in [-0.15, -0.1) is 0 Å². The fourth-order valence-corrected chi connectivity index (χ4v) is 1.30. The Labute approximate surface area is 97.4 Å². The number of nitrogens with zero attached hydrogens (tertiary/aromatic N) is 2. The molecule has 88 valence electrons. The van der Waals surface area contributed by atoms with Gasteiger partial charge >= 0.3 is 0 Å². The second kappa shape index (κ2) is 5.08. The number of H-pyrrole nitrogens is 1. The summed E-state index contributed by atoms with van der Waals surface area (Å²) in [5, 5.41) is 9.06. The Morgan fingerprint density at radius 1 is 1.35 bits per heavy atom. The van der Waals surface area contributed by atoms with Gasteiger partial charge in [-0.3, -0.25) is 15.7 Å². The lowest BCUT2D eigenvalue weighted by Gasteiger charge is -2.04. The molecule has 0 fully saturated rings. The van der Waals surface area contributed by atoms with Gasteiger partial charge in [-0.05, 0) is 24.3 Å². The van der Waals surface area contributed by atoms with Gasteiger partial charge in [0.15, 0.2) is 0 Å². The van der Waals surface area contributed by atoms with Crippen molar-refractivity contribution < 1.29 is 4.79 Å². The fourth-order valence-electron chi connectivity index (χ4n) is 1.30. The summed E-state index contributed by atoms with van der Waals surface area (Å²) in [5.74, 6) is 5.66. The van der Waals surface area contributed by atoms with E-state index < -0.39 is 0 Å². The molecule has 7 heteroatoms. The number of hydrogen-bond donors (Lipinski definition) is 4. The summed E-state index contributed by atoms with van der Waals surface area (Å²) >= 11 is 0. The summed E-state index contributed by atoms with van der Waals surface area (Å²) in [6.45, 7) is 0.315. The molecule has 2 aromatic rings. The van der Waals surface area contributed by atoms with Crippen LogP contribution < -0.4 is 16.6 Å². The Morgan fingerprint density at radius 2 is 2.12 bits per heavy atom. The molecule has 1 amide bonds. The molecule has 0 aliphatic rings. The number of hydrazine groups is 1. The number of aromatic amines is 1. The number of carbonyl (C=O) groups excluding carboxylic acids is 1. The van der Waals surface area contributed by atoms with E-state index in [1.807, 2.05) is 0 Å². The maximum absolute atomic E-state index is 11.7. The van der Waals surface area contributed by atoms with Crippen LogP contribution in [-0.4, -0.2) is 21.1 Å². The Kier molecular flexibility index (Phi) is 3.31. The molecular formula is C10H12N6O. The third-order valence-electron chi connectivity index (χ3n) is 2.20. The first-order valence-electron chi connectivity index (χ1n) is 4.98. The highest BCUT2D eigenvalue weighted by Crippen LogP contribution is 2.07. The van der Waals surface area contributed by atoms with E-state index in [-0.39, 0.29) is 5.91 Å². The molecule has 17 heavy (non-hydrogen) atoms. The molecule has 0 saturated carbocycles. The Morgan fingerprint density at radius 3 is 2.71 bits per heavy atom. The quantitative estimate of drug-likeness (QED) is 0.439. The largest absolute Gasteiger partial charge is 0.345 e. The summed E-state index contributed by atoms with van der Waals surface area (Å²) in [6, 6.07) is 6.82. The van der Waals surface area contributed by atoms with E-state index in [4.69, 9.17) is 5.84 Å². The second-order valence-electron chi connectivity index (χ2n) is 3.34. The Hall–Kier alpha value is -2.41.